The highest BCUT2D eigenvalue weighted by atomic mass is 32.2. The molecule has 4 heteroatoms. The molecule has 0 saturated carbocycles. The number of fused-ring (bicyclic) bond motifs is 2. The minimum atomic E-state index is 0.952. The van der Waals surface area contributed by atoms with Crippen LogP contribution in [0.2, 0.25) is 0 Å². The smallest absolute Gasteiger partial charge is 0.147 e. The summed E-state index contributed by atoms with van der Waals surface area (Å²) in [5.41, 5.74) is 1.28. The van der Waals surface area contributed by atoms with Crippen LogP contribution in [0.3, 0.4) is 0 Å². The second kappa shape index (κ2) is 5.11. The molecule has 0 unspecified atom stereocenters. The van der Waals surface area contributed by atoms with Gasteiger partial charge in [-0.1, -0.05) is 23.9 Å². The minimum absolute atomic E-state index is 0.952. The van der Waals surface area contributed by atoms with Crippen LogP contribution in [-0.2, 0) is 0 Å². The summed E-state index contributed by atoms with van der Waals surface area (Å²) in [6, 6.07) is 12.8. The zero-order chi connectivity index (χ0) is 14.2. The van der Waals surface area contributed by atoms with Gasteiger partial charge in [0.2, 0.25) is 0 Å². The van der Waals surface area contributed by atoms with Crippen molar-refractivity contribution < 1.29 is 4.48 Å². The van der Waals surface area contributed by atoms with Crippen molar-refractivity contribution in [2.45, 2.75) is 9.79 Å². The quantitative estimate of drug-likeness (QED) is 0.805. The van der Waals surface area contributed by atoms with Gasteiger partial charge in [-0.05, 0) is 24.3 Å². The molecule has 0 amide bonds. The highest BCUT2D eigenvalue weighted by Gasteiger charge is 2.25. The Morgan fingerprint density at radius 1 is 1.05 bits per heavy atom. The number of quaternary nitrogens is 1. The molecule has 0 spiro atoms. The Kier molecular flexibility index (Phi) is 3.44. The van der Waals surface area contributed by atoms with Crippen molar-refractivity contribution in [2.24, 2.45) is 0 Å². The number of aromatic nitrogens is 1. The van der Waals surface area contributed by atoms with Crippen LogP contribution < -0.4 is 4.90 Å². The normalized spacial score (nSPS) is 13.8. The Hall–Kier alpha value is -1.52. The number of benzene rings is 1. The fourth-order valence-electron chi connectivity index (χ4n) is 2.29. The van der Waals surface area contributed by atoms with E-state index in [2.05, 4.69) is 61.4 Å². The van der Waals surface area contributed by atoms with Gasteiger partial charge >= 0.3 is 0 Å². The standard InChI is InChI=1S/C16H20N3S/c1-19(2,3)12-11-18-13-7-4-5-8-14(13)20-15-9-6-10-17-16(15)18/h4-10H,11-12H2,1-3H3/q+1. The zero-order valence-electron chi connectivity index (χ0n) is 12.2. The monoisotopic (exact) mass is 286 g/mol. The average molecular weight is 286 g/mol. The van der Waals surface area contributed by atoms with Crippen molar-refractivity contribution in [3.63, 3.8) is 0 Å². The van der Waals surface area contributed by atoms with E-state index in [0.29, 0.717) is 0 Å². The van der Waals surface area contributed by atoms with Crippen LogP contribution in [0.4, 0.5) is 11.5 Å². The summed E-state index contributed by atoms with van der Waals surface area (Å²) in [7, 11) is 6.68. The molecular weight excluding hydrogens is 266 g/mol. The number of hydrogen-bond donors (Lipinski definition) is 0. The summed E-state index contributed by atoms with van der Waals surface area (Å²) in [6.07, 6.45) is 1.88. The summed E-state index contributed by atoms with van der Waals surface area (Å²) in [5, 5.41) is 0. The van der Waals surface area contributed by atoms with Crippen LogP contribution in [0.15, 0.2) is 52.4 Å². The molecule has 1 aliphatic rings. The fraction of sp³-hybridized carbons (Fsp3) is 0.312. The van der Waals surface area contributed by atoms with Gasteiger partial charge in [0.05, 0.1) is 44.8 Å². The van der Waals surface area contributed by atoms with E-state index in [9.17, 15) is 0 Å². The van der Waals surface area contributed by atoms with Crippen molar-refractivity contribution in [3.8, 4) is 0 Å². The number of pyridine rings is 1. The molecule has 0 saturated heterocycles. The van der Waals surface area contributed by atoms with E-state index in [-0.39, 0.29) is 0 Å². The number of rotatable bonds is 3. The molecular formula is C16H20N3S+. The summed E-state index contributed by atoms with van der Waals surface area (Å²) in [6.45, 7) is 2.06. The van der Waals surface area contributed by atoms with E-state index >= 15 is 0 Å². The molecule has 1 aromatic carbocycles. The van der Waals surface area contributed by atoms with Gasteiger partial charge in [0, 0.05) is 11.1 Å². The van der Waals surface area contributed by atoms with E-state index in [1.807, 2.05) is 24.0 Å². The highest BCUT2D eigenvalue weighted by molar-refractivity contribution is 7.99. The summed E-state index contributed by atoms with van der Waals surface area (Å²) in [5.74, 6) is 1.09. The first-order valence-corrected chi connectivity index (χ1v) is 7.66. The topological polar surface area (TPSA) is 16.1 Å². The van der Waals surface area contributed by atoms with E-state index in [1.165, 1.54) is 15.5 Å². The Morgan fingerprint density at radius 2 is 1.80 bits per heavy atom. The third-order valence-corrected chi connectivity index (χ3v) is 4.48. The number of likely N-dealkylation sites (N-methyl/N-ethyl adjacent to an activating group) is 1. The number of hydrogen-bond acceptors (Lipinski definition) is 3. The van der Waals surface area contributed by atoms with E-state index in [4.69, 9.17) is 0 Å². The Labute approximate surface area is 124 Å². The van der Waals surface area contributed by atoms with Gasteiger partial charge in [0.1, 0.15) is 5.82 Å². The fourth-order valence-corrected chi connectivity index (χ4v) is 3.36. The van der Waals surface area contributed by atoms with Crippen LogP contribution in [-0.4, -0.2) is 43.7 Å². The predicted molar refractivity (Wildman–Crippen MR) is 84.7 cm³/mol. The van der Waals surface area contributed by atoms with Crippen LogP contribution in [0.1, 0.15) is 0 Å². The molecule has 0 bridgehead atoms. The second-order valence-corrected chi connectivity index (χ2v) is 7.14. The first kappa shape index (κ1) is 13.5. The molecule has 104 valence electrons. The third-order valence-electron chi connectivity index (χ3n) is 3.38. The molecule has 2 aromatic rings. The molecule has 0 atom stereocenters. The van der Waals surface area contributed by atoms with Crippen molar-refractivity contribution in [1.29, 1.82) is 0 Å². The largest absolute Gasteiger partial charge is 0.329 e. The average Bonchev–Trinajstić information content (AvgIpc) is 2.42. The van der Waals surface area contributed by atoms with Gasteiger partial charge in [-0.15, -0.1) is 0 Å². The van der Waals surface area contributed by atoms with Crippen molar-refractivity contribution in [1.82, 2.24) is 4.98 Å². The van der Waals surface area contributed by atoms with E-state index in [1.54, 1.807) is 0 Å². The van der Waals surface area contributed by atoms with Crippen LogP contribution in [0, 0.1) is 0 Å². The summed E-state index contributed by atoms with van der Waals surface area (Å²) >= 11 is 1.81. The van der Waals surface area contributed by atoms with Gasteiger partial charge in [-0.25, -0.2) is 4.98 Å². The lowest BCUT2D eigenvalue weighted by Crippen LogP contribution is -2.41. The first-order valence-electron chi connectivity index (χ1n) is 6.84. The van der Waals surface area contributed by atoms with E-state index in [0.717, 1.165) is 23.4 Å². The Bertz CT molecular complexity index is 574. The van der Waals surface area contributed by atoms with Crippen LogP contribution in [0.5, 0.6) is 0 Å². The van der Waals surface area contributed by atoms with Gasteiger partial charge < -0.3 is 9.38 Å². The van der Waals surface area contributed by atoms with Crippen molar-refractivity contribution in [3.05, 3.63) is 42.6 Å². The molecule has 3 nitrogen and oxygen atoms in total. The first-order chi connectivity index (χ1) is 9.54. The molecule has 2 heterocycles. The van der Waals surface area contributed by atoms with E-state index < -0.39 is 0 Å². The maximum atomic E-state index is 4.60. The van der Waals surface area contributed by atoms with Crippen LogP contribution >= 0.6 is 11.8 Å². The molecule has 0 aliphatic carbocycles. The van der Waals surface area contributed by atoms with Crippen molar-refractivity contribution >= 4 is 23.3 Å². The summed E-state index contributed by atoms with van der Waals surface area (Å²) < 4.78 is 0.952. The number of para-hydroxylation sites is 1. The SMILES string of the molecule is C[N+](C)(C)CCN1c2ccccc2Sc2cccnc21. The lowest BCUT2D eigenvalue weighted by Gasteiger charge is -2.34. The van der Waals surface area contributed by atoms with Crippen molar-refractivity contribution in [2.75, 3.05) is 39.1 Å². The molecule has 0 fully saturated rings. The molecule has 20 heavy (non-hydrogen) atoms. The maximum absolute atomic E-state index is 4.60. The summed E-state index contributed by atoms with van der Waals surface area (Å²) in [4.78, 5) is 9.51. The number of anilines is 2. The van der Waals surface area contributed by atoms with Gasteiger partial charge in [-0.2, -0.15) is 0 Å². The van der Waals surface area contributed by atoms with Gasteiger partial charge in [0.25, 0.3) is 0 Å². The minimum Gasteiger partial charge on any atom is -0.329 e. The molecule has 0 radical (unpaired) electrons. The zero-order valence-corrected chi connectivity index (χ0v) is 13.0. The number of nitrogens with zero attached hydrogens (tertiary/aromatic N) is 3. The molecule has 1 aliphatic heterocycles. The Morgan fingerprint density at radius 3 is 2.60 bits per heavy atom. The highest BCUT2D eigenvalue weighted by Crippen LogP contribution is 2.46. The maximum Gasteiger partial charge on any atom is 0.147 e. The second-order valence-electron chi connectivity index (χ2n) is 6.06. The molecule has 0 N–H and O–H groups in total. The Balaban J connectivity index is 1.99. The lowest BCUT2D eigenvalue weighted by molar-refractivity contribution is -0.868. The van der Waals surface area contributed by atoms with Gasteiger partial charge in [0.15, 0.2) is 0 Å². The predicted octanol–water partition coefficient (Wildman–Crippen LogP) is 3.39. The van der Waals surface area contributed by atoms with Crippen LogP contribution in [0.25, 0.3) is 0 Å². The molecule has 1 aromatic heterocycles. The third kappa shape index (κ3) is 2.67. The van der Waals surface area contributed by atoms with Gasteiger partial charge in [-0.3, -0.25) is 0 Å². The lowest BCUT2D eigenvalue weighted by atomic mass is 10.2. The molecule has 3 rings (SSSR count).